The predicted molar refractivity (Wildman–Crippen MR) is 77.4 cm³/mol. The molecule has 0 spiro atoms. The van der Waals surface area contributed by atoms with Crippen molar-refractivity contribution >= 4 is 15.9 Å². The van der Waals surface area contributed by atoms with E-state index in [-0.39, 0.29) is 18.5 Å². The summed E-state index contributed by atoms with van der Waals surface area (Å²) in [5.41, 5.74) is -0.622. The second-order valence-corrected chi connectivity index (χ2v) is 7.37. The quantitative estimate of drug-likeness (QED) is 0.567. The van der Waals surface area contributed by atoms with E-state index in [1.54, 1.807) is 13.8 Å². The molecule has 7 heteroatoms. The fourth-order valence-electron chi connectivity index (χ4n) is 1.86. The predicted octanol–water partition coefficient (Wildman–Crippen LogP) is 0.209. The van der Waals surface area contributed by atoms with E-state index in [0.29, 0.717) is 6.54 Å². The molecule has 114 valence electrons. The number of hydrogen-bond acceptors (Lipinski definition) is 4. The summed E-state index contributed by atoms with van der Waals surface area (Å²) in [7, 11) is -3.25. The maximum absolute atomic E-state index is 11.6. The van der Waals surface area contributed by atoms with E-state index < -0.39 is 15.6 Å². The lowest BCUT2D eigenvalue weighted by Gasteiger charge is -2.25. The minimum atomic E-state index is -3.25. The molecule has 0 aromatic carbocycles. The van der Waals surface area contributed by atoms with Crippen LogP contribution in [0.15, 0.2) is 0 Å². The van der Waals surface area contributed by atoms with E-state index in [4.69, 9.17) is 0 Å². The first kappa shape index (κ1) is 18.3. The zero-order chi connectivity index (χ0) is 15.1. The average molecular weight is 293 g/mol. The Kier molecular flexibility index (Phi) is 7.54. The number of hydrogen-bond donors (Lipinski definition) is 3. The molecule has 0 aliphatic carbocycles. The Balaban J connectivity index is 3.99. The van der Waals surface area contributed by atoms with Crippen LogP contribution >= 0.6 is 0 Å². The number of amides is 1. The molecule has 0 aliphatic heterocycles. The summed E-state index contributed by atoms with van der Waals surface area (Å²) in [6.45, 7) is 8.13. The van der Waals surface area contributed by atoms with Gasteiger partial charge >= 0.3 is 0 Å². The van der Waals surface area contributed by atoms with Crippen LogP contribution in [-0.4, -0.2) is 45.3 Å². The van der Waals surface area contributed by atoms with Crippen molar-refractivity contribution in [1.29, 1.82) is 0 Å². The van der Waals surface area contributed by atoms with Crippen molar-refractivity contribution < 1.29 is 13.2 Å². The largest absolute Gasteiger partial charge is 0.353 e. The summed E-state index contributed by atoms with van der Waals surface area (Å²) < 4.78 is 24.8. The average Bonchev–Trinajstić information content (AvgIpc) is 2.12. The molecule has 0 saturated heterocycles. The van der Waals surface area contributed by atoms with Crippen molar-refractivity contribution in [3.8, 4) is 0 Å². The maximum atomic E-state index is 11.6. The van der Waals surface area contributed by atoms with Crippen LogP contribution in [0.5, 0.6) is 0 Å². The van der Waals surface area contributed by atoms with Crippen LogP contribution < -0.4 is 15.4 Å². The van der Waals surface area contributed by atoms with Crippen LogP contribution in [0.25, 0.3) is 0 Å². The van der Waals surface area contributed by atoms with Crippen molar-refractivity contribution in [2.45, 2.75) is 52.1 Å². The van der Waals surface area contributed by atoms with Crippen molar-refractivity contribution in [3.05, 3.63) is 0 Å². The van der Waals surface area contributed by atoms with Gasteiger partial charge in [0.1, 0.15) is 0 Å². The zero-order valence-electron chi connectivity index (χ0n) is 12.5. The van der Waals surface area contributed by atoms with Gasteiger partial charge in [0.05, 0.1) is 12.8 Å². The first-order valence-electron chi connectivity index (χ1n) is 6.55. The van der Waals surface area contributed by atoms with Crippen LogP contribution in [0.3, 0.4) is 0 Å². The molecule has 0 rings (SSSR count). The lowest BCUT2D eigenvalue weighted by Crippen LogP contribution is -2.51. The topological polar surface area (TPSA) is 87.3 Å². The van der Waals surface area contributed by atoms with E-state index in [1.165, 1.54) is 0 Å². The van der Waals surface area contributed by atoms with Gasteiger partial charge in [0, 0.05) is 18.1 Å². The van der Waals surface area contributed by atoms with E-state index in [1.807, 2.05) is 6.92 Å². The van der Waals surface area contributed by atoms with Gasteiger partial charge in [-0.1, -0.05) is 13.3 Å². The van der Waals surface area contributed by atoms with Gasteiger partial charge < -0.3 is 10.6 Å². The van der Waals surface area contributed by atoms with Crippen molar-refractivity contribution in [3.63, 3.8) is 0 Å². The zero-order valence-corrected chi connectivity index (χ0v) is 13.4. The van der Waals surface area contributed by atoms with Gasteiger partial charge in [-0.3, -0.25) is 4.79 Å². The van der Waals surface area contributed by atoms with Gasteiger partial charge in [-0.15, -0.1) is 0 Å². The first-order valence-corrected chi connectivity index (χ1v) is 8.44. The highest BCUT2D eigenvalue weighted by molar-refractivity contribution is 7.88. The number of carbonyl (C=O) groups is 1. The van der Waals surface area contributed by atoms with E-state index in [9.17, 15) is 13.2 Å². The molecule has 0 saturated carbocycles. The Labute approximate surface area is 116 Å². The summed E-state index contributed by atoms with van der Waals surface area (Å²) in [6, 6.07) is 0.168. The highest BCUT2D eigenvalue weighted by Crippen LogP contribution is 2.01. The van der Waals surface area contributed by atoms with Crippen molar-refractivity contribution in [2.75, 3.05) is 19.3 Å². The van der Waals surface area contributed by atoms with Crippen LogP contribution in [0.1, 0.15) is 40.5 Å². The lowest BCUT2D eigenvalue weighted by molar-refractivity contribution is -0.120. The highest BCUT2D eigenvalue weighted by atomic mass is 32.2. The Morgan fingerprint density at radius 2 is 1.89 bits per heavy atom. The summed E-state index contributed by atoms with van der Waals surface area (Å²) in [5.74, 6) is -0.0731. The SMILES string of the molecule is CCCC(C)NC(=O)CNCC(C)(C)NS(C)(=O)=O. The molecule has 6 nitrogen and oxygen atoms in total. The molecule has 1 unspecified atom stereocenters. The normalized spacial score (nSPS) is 14.2. The van der Waals surface area contributed by atoms with Crippen LogP contribution in [0, 0.1) is 0 Å². The molecule has 0 heterocycles. The molecule has 0 aromatic heterocycles. The maximum Gasteiger partial charge on any atom is 0.234 e. The molecule has 0 aliphatic rings. The number of nitrogens with one attached hydrogen (secondary N) is 3. The third kappa shape index (κ3) is 10.9. The van der Waals surface area contributed by atoms with E-state index in [2.05, 4.69) is 22.3 Å². The second kappa shape index (κ2) is 7.81. The highest BCUT2D eigenvalue weighted by Gasteiger charge is 2.21. The molecular weight excluding hydrogens is 266 g/mol. The van der Waals surface area contributed by atoms with Crippen LogP contribution in [-0.2, 0) is 14.8 Å². The minimum Gasteiger partial charge on any atom is -0.353 e. The minimum absolute atomic E-state index is 0.0731. The third-order valence-electron chi connectivity index (χ3n) is 2.44. The molecular formula is C12H27N3O3S. The number of carbonyl (C=O) groups excluding carboxylic acids is 1. The molecule has 0 fully saturated rings. The molecule has 0 bridgehead atoms. The Hall–Kier alpha value is -0.660. The van der Waals surface area contributed by atoms with Crippen LogP contribution in [0.2, 0.25) is 0 Å². The Morgan fingerprint density at radius 3 is 2.37 bits per heavy atom. The van der Waals surface area contributed by atoms with E-state index in [0.717, 1.165) is 19.1 Å². The second-order valence-electron chi connectivity index (χ2n) is 5.62. The molecule has 1 atom stereocenters. The number of sulfonamides is 1. The van der Waals surface area contributed by atoms with E-state index >= 15 is 0 Å². The molecule has 19 heavy (non-hydrogen) atoms. The summed E-state index contributed by atoms with van der Waals surface area (Å²) in [4.78, 5) is 11.6. The molecule has 1 amide bonds. The smallest absolute Gasteiger partial charge is 0.234 e. The van der Waals surface area contributed by atoms with Gasteiger partial charge in [0.2, 0.25) is 15.9 Å². The summed E-state index contributed by atoms with van der Waals surface area (Å²) in [6.07, 6.45) is 3.10. The van der Waals surface area contributed by atoms with Gasteiger partial charge in [0.15, 0.2) is 0 Å². The van der Waals surface area contributed by atoms with Gasteiger partial charge in [-0.05, 0) is 27.2 Å². The molecule has 0 radical (unpaired) electrons. The first-order chi connectivity index (χ1) is 8.56. The van der Waals surface area contributed by atoms with Gasteiger partial charge in [-0.2, -0.15) is 0 Å². The monoisotopic (exact) mass is 293 g/mol. The van der Waals surface area contributed by atoms with Gasteiger partial charge in [-0.25, -0.2) is 13.1 Å². The van der Waals surface area contributed by atoms with Crippen molar-refractivity contribution in [1.82, 2.24) is 15.4 Å². The summed E-state index contributed by atoms with van der Waals surface area (Å²) >= 11 is 0. The molecule has 0 aromatic rings. The lowest BCUT2D eigenvalue weighted by atomic mass is 10.1. The fraction of sp³-hybridized carbons (Fsp3) is 0.917. The fourth-order valence-corrected chi connectivity index (χ4v) is 2.93. The standard InChI is InChI=1S/C12H27N3O3S/c1-6-7-10(2)14-11(16)8-13-9-12(3,4)15-19(5,17)18/h10,13,15H,6-9H2,1-5H3,(H,14,16). The number of rotatable bonds is 9. The summed E-state index contributed by atoms with van der Waals surface area (Å²) in [5, 5.41) is 5.83. The third-order valence-corrected chi connectivity index (χ3v) is 3.37. The molecule has 3 N–H and O–H groups in total. The van der Waals surface area contributed by atoms with Crippen LogP contribution in [0.4, 0.5) is 0 Å². The van der Waals surface area contributed by atoms with Crippen molar-refractivity contribution in [2.24, 2.45) is 0 Å². The Bertz CT molecular complexity index is 380. The van der Waals surface area contributed by atoms with Gasteiger partial charge in [0.25, 0.3) is 0 Å². The Morgan fingerprint density at radius 1 is 1.32 bits per heavy atom.